The zero-order valence-corrected chi connectivity index (χ0v) is 16.0. The number of rotatable bonds is 7. The lowest BCUT2D eigenvalue weighted by molar-refractivity contribution is -0.136. The van der Waals surface area contributed by atoms with Gasteiger partial charge in [-0.1, -0.05) is 12.8 Å². The molecule has 0 bridgehead atoms. The van der Waals surface area contributed by atoms with Crippen molar-refractivity contribution in [2.45, 2.75) is 52.4 Å². The first-order valence-electron chi connectivity index (χ1n) is 9.61. The van der Waals surface area contributed by atoms with E-state index >= 15 is 0 Å². The fourth-order valence-corrected chi connectivity index (χ4v) is 3.83. The minimum absolute atomic E-state index is 0.0380. The minimum atomic E-state index is -0.811. The number of nitrogens with zero attached hydrogens (tertiary/aromatic N) is 2. The van der Waals surface area contributed by atoms with Crippen LogP contribution in [-0.4, -0.2) is 33.3 Å². The van der Waals surface area contributed by atoms with E-state index in [2.05, 4.69) is 10.4 Å². The summed E-state index contributed by atoms with van der Waals surface area (Å²) in [5.74, 6) is -0.231. The predicted octanol–water partition coefficient (Wildman–Crippen LogP) is 3.43. The molecule has 1 aromatic carbocycles. The molecular formula is C21H27N3O3. The molecule has 144 valence electrons. The normalized spacial score (nSPS) is 14.4. The maximum absolute atomic E-state index is 12.3. The van der Waals surface area contributed by atoms with E-state index in [9.17, 15) is 9.59 Å². The number of carboxylic acid groups (broad SMARTS) is 1. The van der Waals surface area contributed by atoms with Crippen molar-refractivity contribution in [1.82, 2.24) is 15.1 Å². The van der Waals surface area contributed by atoms with Crippen molar-refractivity contribution in [2.75, 3.05) is 6.54 Å². The Morgan fingerprint density at radius 1 is 1.19 bits per heavy atom. The average molecular weight is 369 g/mol. The van der Waals surface area contributed by atoms with Gasteiger partial charge in [0.2, 0.25) is 0 Å². The van der Waals surface area contributed by atoms with Crippen LogP contribution >= 0.6 is 0 Å². The molecule has 6 nitrogen and oxygen atoms in total. The predicted molar refractivity (Wildman–Crippen MR) is 103 cm³/mol. The second kappa shape index (κ2) is 8.37. The second-order valence-corrected chi connectivity index (χ2v) is 7.36. The number of benzene rings is 1. The number of amides is 1. The van der Waals surface area contributed by atoms with Crippen LogP contribution in [0.25, 0.3) is 5.69 Å². The molecule has 2 aromatic rings. The Morgan fingerprint density at radius 3 is 2.48 bits per heavy atom. The molecule has 27 heavy (non-hydrogen) atoms. The first kappa shape index (κ1) is 19.1. The van der Waals surface area contributed by atoms with Gasteiger partial charge in [0.1, 0.15) is 0 Å². The molecule has 3 rings (SSSR count). The number of carbonyl (C=O) groups is 2. The summed E-state index contributed by atoms with van der Waals surface area (Å²) in [6.07, 6.45) is 5.52. The number of nitrogens with one attached hydrogen (secondary N) is 1. The Balaban J connectivity index is 1.68. The van der Waals surface area contributed by atoms with Gasteiger partial charge < -0.3 is 10.4 Å². The van der Waals surface area contributed by atoms with Crippen molar-refractivity contribution in [2.24, 2.45) is 5.92 Å². The van der Waals surface area contributed by atoms with Gasteiger partial charge in [0.15, 0.2) is 0 Å². The third-order valence-electron chi connectivity index (χ3n) is 5.43. The molecule has 1 amide bonds. The Kier molecular flexibility index (Phi) is 5.94. The first-order chi connectivity index (χ1) is 13.0. The van der Waals surface area contributed by atoms with Crippen molar-refractivity contribution in [3.05, 3.63) is 46.8 Å². The monoisotopic (exact) mass is 369 g/mol. The lowest BCUT2D eigenvalue weighted by Crippen LogP contribution is -2.28. The molecule has 0 radical (unpaired) electrons. The van der Waals surface area contributed by atoms with E-state index in [4.69, 9.17) is 5.11 Å². The van der Waals surface area contributed by atoms with Crippen LogP contribution in [-0.2, 0) is 11.2 Å². The van der Waals surface area contributed by atoms with E-state index < -0.39 is 5.97 Å². The van der Waals surface area contributed by atoms with Crippen molar-refractivity contribution < 1.29 is 14.7 Å². The summed E-state index contributed by atoms with van der Waals surface area (Å²) in [6.45, 7) is 4.59. The second-order valence-electron chi connectivity index (χ2n) is 7.36. The highest BCUT2D eigenvalue weighted by Crippen LogP contribution is 2.24. The van der Waals surface area contributed by atoms with Crippen molar-refractivity contribution in [3.8, 4) is 5.69 Å². The van der Waals surface area contributed by atoms with Crippen LogP contribution in [0.2, 0.25) is 0 Å². The maximum atomic E-state index is 12.3. The first-order valence-corrected chi connectivity index (χ1v) is 9.61. The van der Waals surface area contributed by atoms with Crippen molar-refractivity contribution in [3.63, 3.8) is 0 Å². The molecule has 1 fully saturated rings. The van der Waals surface area contributed by atoms with Crippen LogP contribution in [0.15, 0.2) is 24.3 Å². The van der Waals surface area contributed by atoms with Crippen LogP contribution in [0.4, 0.5) is 0 Å². The number of hydrogen-bond donors (Lipinski definition) is 2. The Morgan fingerprint density at radius 2 is 1.85 bits per heavy atom. The van der Waals surface area contributed by atoms with E-state index in [1.807, 2.05) is 42.8 Å². The molecule has 1 aromatic heterocycles. The molecule has 1 aliphatic carbocycles. The largest absolute Gasteiger partial charge is 0.481 e. The zero-order valence-electron chi connectivity index (χ0n) is 16.0. The maximum Gasteiger partial charge on any atom is 0.303 e. The van der Waals surface area contributed by atoms with Crippen LogP contribution in [0, 0.1) is 19.8 Å². The lowest BCUT2D eigenvalue weighted by atomic mass is 10.1. The van der Waals surface area contributed by atoms with Crippen LogP contribution in [0.5, 0.6) is 0 Å². The molecule has 1 saturated carbocycles. The lowest BCUT2D eigenvalue weighted by Gasteiger charge is -2.11. The molecule has 1 heterocycles. The minimum Gasteiger partial charge on any atom is -0.481 e. The van der Waals surface area contributed by atoms with Gasteiger partial charge in [-0.05, 0) is 68.9 Å². The smallest absolute Gasteiger partial charge is 0.303 e. The highest BCUT2D eigenvalue weighted by atomic mass is 16.4. The number of aliphatic carboxylic acids is 1. The topological polar surface area (TPSA) is 84.2 Å². The van der Waals surface area contributed by atoms with Gasteiger partial charge in [0.25, 0.3) is 5.91 Å². The summed E-state index contributed by atoms with van der Waals surface area (Å²) in [4.78, 5) is 23.2. The molecule has 0 atom stereocenters. The fraction of sp³-hybridized carbons (Fsp3) is 0.476. The van der Waals surface area contributed by atoms with Gasteiger partial charge in [-0.2, -0.15) is 5.10 Å². The molecule has 0 saturated heterocycles. The highest BCUT2D eigenvalue weighted by molar-refractivity contribution is 5.94. The molecule has 2 N–H and O–H groups in total. The van der Waals surface area contributed by atoms with Crippen LogP contribution in [0.3, 0.4) is 0 Å². The molecule has 6 heteroatoms. The van der Waals surface area contributed by atoms with Gasteiger partial charge in [0, 0.05) is 24.2 Å². The van der Waals surface area contributed by atoms with E-state index in [0.29, 0.717) is 17.9 Å². The van der Waals surface area contributed by atoms with E-state index in [1.165, 1.54) is 25.7 Å². The third-order valence-corrected chi connectivity index (χ3v) is 5.43. The van der Waals surface area contributed by atoms with Crippen LogP contribution < -0.4 is 5.32 Å². The van der Waals surface area contributed by atoms with Gasteiger partial charge in [-0.3, -0.25) is 9.59 Å². The number of aryl methyl sites for hydroxylation is 1. The summed E-state index contributed by atoms with van der Waals surface area (Å²) in [6, 6.07) is 7.38. The quantitative estimate of drug-likeness (QED) is 0.783. The summed E-state index contributed by atoms with van der Waals surface area (Å²) in [5.41, 5.74) is 4.25. The fourth-order valence-electron chi connectivity index (χ4n) is 3.83. The van der Waals surface area contributed by atoms with E-state index in [-0.39, 0.29) is 12.3 Å². The Labute approximate surface area is 159 Å². The Hall–Kier alpha value is -2.63. The summed E-state index contributed by atoms with van der Waals surface area (Å²) < 4.78 is 1.81. The van der Waals surface area contributed by atoms with Crippen LogP contribution in [0.1, 0.15) is 59.4 Å². The standard InChI is InChI=1S/C21H27N3O3/c1-14-19(11-12-20(25)26)15(2)24(23-14)18-9-7-17(8-10-18)21(27)22-13-16-5-3-4-6-16/h7-10,16H,3-6,11-13H2,1-2H3,(H,22,27)(H,25,26). The summed E-state index contributed by atoms with van der Waals surface area (Å²) >= 11 is 0. The summed E-state index contributed by atoms with van der Waals surface area (Å²) in [7, 11) is 0. The zero-order chi connectivity index (χ0) is 19.4. The molecular weight excluding hydrogens is 342 g/mol. The molecule has 1 aliphatic rings. The molecule has 0 spiro atoms. The third kappa shape index (κ3) is 4.56. The SMILES string of the molecule is Cc1nn(-c2ccc(C(=O)NCC3CCCC3)cc2)c(C)c1CCC(=O)O. The van der Waals surface area contributed by atoms with Gasteiger partial charge in [-0.15, -0.1) is 0 Å². The number of aromatic nitrogens is 2. The average Bonchev–Trinajstić information content (AvgIpc) is 3.26. The number of hydrogen-bond acceptors (Lipinski definition) is 3. The highest BCUT2D eigenvalue weighted by Gasteiger charge is 2.17. The number of carboxylic acids is 1. The van der Waals surface area contributed by atoms with Gasteiger partial charge >= 0.3 is 5.97 Å². The van der Waals surface area contributed by atoms with Gasteiger partial charge in [0.05, 0.1) is 11.4 Å². The van der Waals surface area contributed by atoms with Crippen molar-refractivity contribution in [1.29, 1.82) is 0 Å². The number of carbonyl (C=O) groups excluding carboxylic acids is 1. The summed E-state index contributed by atoms with van der Waals surface area (Å²) in [5, 5.41) is 16.5. The van der Waals surface area contributed by atoms with E-state index in [1.54, 1.807) is 0 Å². The molecule has 0 aliphatic heterocycles. The molecule has 0 unspecified atom stereocenters. The van der Waals surface area contributed by atoms with E-state index in [0.717, 1.165) is 29.2 Å². The van der Waals surface area contributed by atoms with Gasteiger partial charge in [-0.25, -0.2) is 4.68 Å². The Bertz CT molecular complexity index is 818. The van der Waals surface area contributed by atoms with Crippen molar-refractivity contribution >= 4 is 11.9 Å².